The van der Waals surface area contributed by atoms with E-state index in [0.717, 1.165) is 24.2 Å². The third-order valence-corrected chi connectivity index (χ3v) is 5.13. The molecular formula is C18H27N3O3S. The molecule has 1 heterocycles. The molecule has 2 rings (SSSR count). The fourth-order valence-corrected chi connectivity index (χ4v) is 3.49. The summed E-state index contributed by atoms with van der Waals surface area (Å²) >= 11 is 1.34. The molecular weight excluding hydrogens is 338 g/mol. The lowest BCUT2D eigenvalue weighted by molar-refractivity contribution is 0.217. The summed E-state index contributed by atoms with van der Waals surface area (Å²) in [6, 6.07) is 5.82. The maximum Gasteiger partial charge on any atom is 0.302 e. The smallest absolute Gasteiger partial charge is 0.302 e. The molecule has 1 aromatic carbocycles. The normalized spacial score (nSPS) is 17.7. The summed E-state index contributed by atoms with van der Waals surface area (Å²) in [4.78, 5) is 14.4. The Morgan fingerprint density at radius 3 is 2.64 bits per heavy atom. The minimum absolute atomic E-state index is 0.00958. The summed E-state index contributed by atoms with van der Waals surface area (Å²) in [5.41, 5.74) is 1.87. The second kappa shape index (κ2) is 9.10. The monoisotopic (exact) mass is 365 g/mol. The topological polar surface area (TPSA) is 54.4 Å². The van der Waals surface area contributed by atoms with E-state index in [-0.39, 0.29) is 10.5 Å². The van der Waals surface area contributed by atoms with Gasteiger partial charge in [-0.3, -0.25) is 4.79 Å². The van der Waals surface area contributed by atoms with E-state index in [4.69, 9.17) is 9.47 Å². The lowest BCUT2D eigenvalue weighted by Gasteiger charge is -2.29. The van der Waals surface area contributed by atoms with Crippen LogP contribution in [0, 0.1) is 0 Å². The Morgan fingerprint density at radius 2 is 2.04 bits per heavy atom. The summed E-state index contributed by atoms with van der Waals surface area (Å²) < 4.78 is 11.0. The first kappa shape index (κ1) is 19.6. The second-order valence-electron chi connectivity index (χ2n) is 5.99. The van der Waals surface area contributed by atoms with Gasteiger partial charge in [0.1, 0.15) is 0 Å². The predicted molar refractivity (Wildman–Crippen MR) is 103 cm³/mol. The van der Waals surface area contributed by atoms with Gasteiger partial charge in [-0.15, -0.1) is 0 Å². The molecule has 0 radical (unpaired) electrons. The summed E-state index contributed by atoms with van der Waals surface area (Å²) in [6.07, 6.45) is 0.840. The molecule has 0 saturated carbocycles. The Bertz CT molecular complexity index is 634. The number of nitrogens with zero attached hydrogens (tertiary/aromatic N) is 3. The SMILES string of the molecule is CCOc1ccc(C2=NN(CCN(C)C)C(=O)SC2CC)cc1OC. The van der Waals surface area contributed by atoms with Crippen molar-refractivity contribution >= 4 is 22.7 Å². The summed E-state index contributed by atoms with van der Waals surface area (Å²) in [5.74, 6) is 1.39. The largest absolute Gasteiger partial charge is 0.493 e. The van der Waals surface area contributed by atoms with Crippen LogP contribution in [-0.4, -0.2) is 67.0 Å². The Morgan fingerprint density at radius 1 is 1.28 bits per heavy atom. The van der Waals surface area contributed by atoms with Gasteiger partial charge >= 0.3 is 5.24 Å². The van der Waals surface area contributed by atoms with Gasteiger partial charge in [-0.1, -0.05) is 18.7 Å². The predicted octanol–water partition coefficient (Wildman–Crippen LogP) is 3.31. The molecule has 138 valence electrons. The first-order valence-corrected chi connectivity index (χ1v) is 9.40. The van der Waals surface area contributed by atoms with Crippen LogP contribution in [0.15, 0.2) is 23.3 Å². The third kappa shape index (κ3) is 4.89. The molecule has 25 heavy (non-hydrogen) atoms. The number of methoxy groups -OCH3 is 1. The van der Waals surface area contributed by atoms with Gasteiger partial charge in [0.05, 0.1) is 31.2 Å². The van der Waals surface area contributed by atoms with Crippen LogP contribution in [0.1, 0.15) is 25.8 Å². The van der Waals surface area contributed by atoms with Crippen molar-refractivity contribution in [3.8, 4) is 11.5 Å². The van der Waals surface area contributed by atoms with E-state index in [9.17, 15) is 4.79 Å². The van der Waals surface area contributed by atoms with Crippen LogP contribution in [0.2, 0.25) is 0 Å². The fraction of sp³-hybridized carbons (Fsp3) is 0.556. The molecule has 0 aromatic heterocycles. The van der Waals surface area contributed by atoms with Crippen LogP contribution in [0.25, 0.3) is 0 Å². The number of likely N-dealkylation sites (N-methyl/N-ethyl adjacent to an activating group) is 1. The molecule has 7 heteroatoms. The Hall–Kier alpha value is -1.73. The number of hydrogen-bond donors (Lipinski definition) is 0. The van der Waals surface area contributed by atoms with Gasteiger partial charge in [0.25, 0.3) is 0 Å². The standard InChI is InChI=1S/C18H27N3O3S/c1-6-16-17(19-21(18(22)25-16)11-10-20(3)4)13-8-9-14(24-7-2)15(12-13)23-5/h8-9,12,16H,6-7,10-11H2,1-5H3. The maximum atomic E-state index is 12.3. The Kier molecular flexibility index (Phi) is 7.13. The van der Waals surface area contributed by atoms with Gasteiger partial charge in [0.2, 0.25) is 0 Å². The highest BCUT2D eigenvalue weighted by molar-refractivity contribution is 8.14. The van der Waals surface area contributed by atoms with E-state index in [1.807, 2.05) is 44.1 Å². The van der Waals surface area contributed by atoms with E-state index >= 15 is 0 Å². The van der Waals surface area contributed by atoms with Crippen LogP contribution in [-0.2, 0) is 0 Å². The number of ether oxygens (including phenoxy) is 2. The molecule has 0 bridgehead atoms. The van der Waals surface area contributed by atoms with E-state index < -0.39 is 0 Å². The number of carbonyl (C=O) groups excluding carboxylic acids is 1. The second-order valence-corrected chi connectivity index (χ2v) is 7.14. The lowest BCUT2D eigenvalue weighted by Crippen LogP contribution is -2.38. The highest BCUT2D eigenvalue weighted by Gasteiger charge is 2.30. The minimum atomic E-state index is 0.00958. The number of thioether (sulfide) groups is 1. The lowest BCUT2D eigenvalue weighted by atomic mass is 10.0. The van der Waals surface area contributed by atoms with Crippen LogP contribution in [0.5, 0.6) is 11.5 Å². The number of benzene rings is 1. The van der Waals surface area contributed by atoms with Crippen LogP contribution in [0.3, 0.4) is 0 Å². The van der Waals surface area contributed by atoms with Crippen molar-refractivity contribution in [1.82, 2.24) is 9.91 Å². The van der Waals surface area contributed by atoms with Gasteiger partial charge in [0, 0.05) is 12.1 Å². The first-order chi connectivity index (χ1) is 12.0. The van der Waals surface area contributed by atoms with Gasteiger partial charge in [0.15, 0.2) is 11.5 Å². The maximum absolute atomic E-state index is 12.3. The minimum Gasteiger partial charge on any atom is -0.493 e. The van der Waals surface area contributed by atoms with Crippen molar-refractivity contribution in [1.29, 1.82) is 0 Å². The highest BCUT2D eigenvalue weighted by Crippen LogP contribution is 2.33. The van der Waals surface area contributed by atoms with Crippen molar-refractivity contribution < 1.29 is 14.3 Å². The zero-order valence-electron chi connectivity index (χ0n) is 15.6. The number of hydrazone groups is 1. The van der Waals surface area contributed by atoms with Gasteiger partial charge in [-0.25, -0.2) is 5.01 Å². The molecule has 1 aromatic rings. The van der Waals surface area contributed by atoms with Crippen LogP contribution in [0.4, 0.5) is 4.79 Å². The third-order valence-electron chi connectivity index (χ3n) is 3.88. The van der Waals surface area contributed by atoms with Crippen molar-refractivity contribution in [2.45, 2.75) is 25.5 Å². The highest BCUT2D eigenvalue weighted by atomic mass is 32.2. The molecule has 0 N–H and O–H groups in total. The molecule has 1 atom stereocenters. The average molecular weight is 365 g/mol. The molecule has 1 unspecified atom stereocenters. The Balaban J connectivity index is 2.35. The molecule has 0 saturated heterocycles. The molecule has 6 nitrogen and oxygen atoms in total. The van der Waals surface area contributed by atoms with Crippen LogP contribution < -0.4 is 9.47 Å². The van der Waals surface area contributed by atoms with Crippen LogP contribution >= 0.6 is 11.8 Å². The van der Waals surface area contributed by atoms with E-state index in [0.29, 0.717) is 24.7 Å². The summed E-state index contributed by atoms with van der Waals surface area (Å²) in [6.45, 7) is 5.94. The van der Waals surface area contributed by atoms with Gasteiger partial charge in [-0.2, -0.15) is 5.10 Å². The quantitative estimate of drug-likeness (QED) is 0.707. The number of carbonyl (C=O) groups is 1. The van der Waals surface area contributed by atoms with E-state index in [1.54, 1.807) is 12.1 Å². The molecule has 0 fully saturated rings. The zero-order valence-corrected chi connectivity index (χ0v) is 16.4. The molecule has 0 spiro atoms. The summed E-state index contributed by atoms with van der Waals surface area (Å²) in [5, 5.41) is 6.29. The van der Waals surface area contributed by atoms with Gasteiger partial charge in [-0.05, 0) is 45.6 Å². The van der Waals surface area contributed by atoms with Gasteiger partial charge < -0.3 is 14.4 Å². The van der Waals surface area contributed by atoms with Crippen molar-refractivity contribution in [3.05, 3.63) is 23.8 Å². The van der Waals surface area contributed by atoms with E-state index in [1.165, 1.54) is 11.8 Å². The van der Waals surface area contributed by atoms with Crippen molar-refractivity contribution in [3.63, 3.8) is 0 Å². The number of amides is 1. The summed E-state index contributed by atoms with van der Waals surface area (Å²) in [7, 11) is 5.60. The Labute approximate surface area is 154 Å². The first-order valence-electron chi connectivity index (χ1n) is 8.52. The number of hydrogen-bond acceptors (Lipinski definition) is 6. The average Bonchev–Trinajstić information content (AvgIpc) is 2.60. The van der Waals surface area contributed by atoms with E-state index in [2.05, 4.69) is 12.0 Å². The fourth-order valence-electron chi connectivity index (χ4n) is 2.53. The molecule has 1 aliphatic rings. The number of rotatable bonds is 8. The molecule has 0 aliphatic carbocycles. The van der Waals surface area contributed by atoms with Crippen molar-refractivity contribution in [2.75, 3.05) is 40.9 Å². The zero-order chi connectivity index (χ0) is 18.4. The van der Waals surface area contributed by atoms with Crippen molar-refractivity contribution in [2.24, 2.45) is 5.10 Å². The molecule has 1 amide bonds. The molecule has 1 aliphatic heterocycles.